The number of aliphatic imine (C=N–C) groups is 1. The Morgan fingerprint density at radius 1 is 1.27 bits per heavy atom. The average molecular weight is 219 g/mol. The van der Waals surface area contributed by atoms with Crippen LogP contribution in [-0.4, -0.2) is 17.5 Å². The molecule has 2 rings (SSSR count). The molecule has 2 nitrogen and oxygen atoms in total. The zero-order valence-corrected chi connectivity index (χ0v) is 7.22. The van der Waals surface area contributed by atoms with E-state index in [-0.39, 0.29) is 5.69 Å². The molecule has 1 aromatic rings. The largest absolute Gasteiger partial charge is 0.426 e. The molecule has 1 heterocycles. The molecule has 0 unspecified atom stereocenters. The number of fused-ring (bicyclic) bond motifs is 1. The molecule has 1 aliphatic heterocycles. The van der Waals surface area contributed by atoms with Crippen LogP contribution < -0.4 is 0 Å². The zero-order chi connectivity index (χ0) is 11.3. The SMILES string of the molecule is O[C@]1(C(F)(F)F)C=Nc2ccc(F)cc21. The number of halogens is 4. The Kier molecular flexibility index (Phi) is 1.88. The molecular weight excluding hydrogens is 214 g/mol. The molecule has 6 heteroatoms. The summed E-state index contributed by atoms with van der Waals surface area (Å²) in [6.45, 7) is 0. The number of aliphatic hydroxyl groups is 1. The predicted molar refractivity (Wildman–Crippen MR) is 44.5 cm³/mol. The molecule has 0 spiro atoms. The predicted octanol–water partition coefficient (Wildman–Crippen LogP) is 2.29. The van der Waals surface area contributed by atoms with Crippen LogP contribution in [0.25, 0.3) is 0 Å². The van der Waals surface area contributed by atoms with E-state index in [0.29, 0.717) is 12.3 Å². The first kappa shape index (κ1) is 10.1. The highest BCUT2D eigenvalue weighted by Crippen LogP contribution is 2.45. The topological polar surface area (TPSA) is 32.6 Å². The molecule has 1 aliphatic rings. The summed E-state index contributed by atoms with van der Waals surface area (Å²) in [5.74, 6) is -0.845. The van der Waals surface area contributed by atoms with Crippen molar-refractivity contribution in [2.75, 3.05) is 0 Å². The van der Waals surface area contributed by atoms with Gasteiger partial charge in [-0.25, -0.2) is 4.39 Å². The summed E-state index contributed by atoms with van der Waals surface area (Å²) >= 11 is 0. The van der Waals surface area contributed by atoms with E-state index in [0.717, 1.165) is 12.1 Å². The number of rotatable bonds is 0. The van der Waals surface area contributed by atoms with Gasteiger partial charge in [-0.2, -0.15) is 13.2 Å². The molecule has 80 valence electrons. The van der Waals surface area contributed by atoms with Gasteiger partial charge >= 0.3 is 6.18 Å². The van der Waals surface area contributed by atoms with E-state index >= 15 is 0 Å². The number of nitrogens with zero attached hydrogens (tertiary/aromatic N) is 1. The van der Waals surface area contributed by atoms with E-state index in [1.54, 1.807) is 0 Å². The molecule has 1 N–H and O–H groups in total. The normalized spacial score (nSPS) is 24.3. The second-order valence-electron chi connectivity index (χ2n) is 3.18. The smallest absolute Gasteiger partial charge is 0.371 e. The van der Waals surface area contributed by atoms with Gasteiger partial charge < -0.3 is 5.11 Å². The van der Waals surface area contributed by atoms with Crippen LogP contribution in [-0.2, 0) is 5.60 Å². The summed E-state index contributed by atoms with van der Waals surface area (Å²) in [6, 6.07) is 2.71. The third kappa shape index (κ3) is 1.32. The van der Waals surface area contributed by atoms with E-state index in [1.807, 2.05) is 0 Å². The van der Waals surface area contributed by atoms with Crippen LogP contribution >= 0.6 is 0 Å². The first-order valence-electron chi connectivity index (χ1n) is 3.99. The van der Waals surface area contributed by atoms with Crippen molar-refractivity contribution in [1.29, 1.82) is 0 Å². The van der Waals surface area contributed by atoms with Gasteiger partial charge in [-0.05, 0) is 18.2 Å². The van der Waals surface area contributed by atoms with Gasteiger partial charge in [0, 0.05) is 5.56 Å². The second kappa shape index (κ2) is 2.79. The number of benzene rings is 1. The van der Waals surface area contributed by atoms with Crippen molar-refractivity contribution < 1.29 is 22.7 Å². The molecule has 1 atom stereocenters. The van der Waals surface area contributed by atoms with Crippen molar-refractivity contribution in [1.82, 2.24) is 0 Å². The quantitative estimate of drug-likeness (QED) is 0.667. The lowest BCUT2D eigenvalue weighted by Gasteiger charge is -2.23. The number of alkyl halides is 3. The fraction of sp³-hybridized carbons (Fsp3) is 0.222. The average Bonchev–Trinajstić information content (AvgIpc) is 2.44. The van der Waals surface area contributed by atoms with Crippen LogP contribution in [0.3, 0.4) is 0 Å². The number of hydrogen-bond donors (Lipinski definition) is 1. The summed E-state index contributed by atoms with van der Waals surface area (Å²) in [4.78, 5) is 3.40. The standard InChI is InChI=1S/C9H5F4NO/c10-5-1-2-7-6(3-5)8(15,4-14-7)9(11,12)13/h1-4,15H/t8-/m1/s1. The lowest BCUT2D eigenvalue weighted by Crippen LogP contribution is -2.42. The Balaban J connectivity index is 2.61. The van der Waals surface area contributed by atoms with Gasteiger partial charge in [0.25, 0.3) is 0 Å². The number of hydrogen-bond acceptors (Lipinski definition) is 2. The van der Waals surface area contributed by atoms with Crippen molar-refractivity contribution in [2.24, 2.45) is 4.99 Å². The van der Waals surface area contributed by atoms with Gasteiger partial charge in [-0.3, -0.25) is 4.99 Å². The minimum absolute atomic E-state index is 0.0729. The Morgan fingerprint density at radius 3 is 2.53 bits per heavy atom. The van der Waals surface area contributed by atoms with E-state index in [1.165, 1.54) is 0 Å². The van der Waals surface area contributed by atoms with Gasteiger partial charge in [0.05, 0.1) is 11.9 Å². The lowest BCUT2D eigenvalue weighted by atomic mass is 9.95. The zero-order valence-electron chi connectivity index (χ0n) is 7.22. The fourth-order valence-electron chi connectivity index (χ4n) is 1.38. The van der Waals surface area contributed by atoms with Gasteiger partial charge in [0.1, 0.15) is 5.82 Å². The van der Waals surface area contributed by atoms with E-state index < -0.39 is 23.2 Å². The fourth-order valence-corrected chi connectivity index (χ4v) is 1.38. The highest BCUT2D eigenvalue weighted by molar-refractivity contribution is 5.84. The summed E-state index contributed by atoms with van der Waals surface area (Å²) < 4.78 is 50.2. The molecule has 0 radical (unpaired) electrons. The molecule has 0 fully saturated rings. The van der Waals surface area contributed by atoms with Gasteiger partial charge in [-0.1, -0.05) is 0 Å². The second-order valence-corrected chi connectivity index (χ2v) is 3.18. The Labute approximate surface area is 81.9 Å². The van der Waals surface area contributed by atoms with Crippen LogP contribution in [0.5, 0.6) is 0 Å². The first-order valence-corrected chi connectivity index (χ1v) is 3.99. The first-order chi connectivity index (χ1) is 6.84. The summed E-state index contributed by atoms with van der Waals surface area (Å²) in [7, 11) is 0. The van der Waals surface area contributed by atoms with Crippen LogP contribution in [0.1, 0.15) is 5.56 Å². The highest BCUT2D eigenvalue weighted by atomic mass is 19.4. The van der Waals surface area contributed by atoms with Gasteiger partial charge in [-0.15, -0.1) is 0 Å². The molecule has 0 bridgehead atoms. The summed E-state index contributed by atoms with van der Waals surface area (Å²) in [5.41, 5.74) is -3.82. The maximum absolute atomic E-state index is 12.8. The van der Waals surface area contributed by atoms with Crippen molar-refractivity contribution in [2.45, 2.75) is 11.8 Å². The van der Waals surface area contributed by atoms with Gasteiger partial charge in [0.2, 0.25) is 5.60 Å². The van der Waals surface area contributed by atoms with Crippen LogP contribution in [0, 0.1) is 5.82 Å². The van der Waals surface area contributed by atoms with E-state index in [4.69, 9.17) is 0 Å². The summed E-state index contributed by atoms with van der Waals surface area (Å²) in [5, 5.41) is 9.36. The Bertz CT molecular complexity index is 440. The maximum atomic E-state index is 12.8. The minimum atomic E-state index is -4.91. The van der Waals surface area contributed by atoms with Crippen LogP contribution in [0.15, 0.2) is 23.2 Å². The molecule has 0 saturated heterocycles. The van der Waals surface area contributed by atoms with Crippen molar-refractivity contribution in [3.05, 3.63) is 29.6 Å². The third-order valence-corrected chi connectivity index (χ3v) is 2.19. The van der Waals surface area contributed by atoms with E-state index in [9.17, 15) is 22.7 Å². The Hall–Kier alpha value is -1.43. The molecule has 0 aromatic heterocycles. The maximum Gasteiger partial charge on any atom is 0.426 e. The minimum Gasteiger partial charge on any atom is -0.371 e. The molecule has 0 saturated carbocycles. The van der Waals surface area contributed by atoms with Crippen LogP contribution in [0.2, 0.25) is 0 Å². The third-order valence-electron chi connectivity index (χ3n) is 2.19. The lowest BCUT2D eigenvalue weighted by molar-refractivity contribution is -0.232. The molecular formula is C9H5F4NO. The summed E-state index contributed by atoms with van der Waals surface area (Å²) in [6.07, 6.45) is -4.54. The molecule has 1 aromatic carbocycles. The highest BCUT2D eigenvalue weighted by Gasteiger charge is 2.57. The van der Waals surface area contributed by atoms with E-state index in [2.05, 4.69) is 4.99 Å². The van der Waals surface area contributed by atoms with Crippen molar-refractivity contribution in [3.63, 3.8) is 0 Å². The molecule has 15 heavy (non-hydrogen) atoms. The van der Waals surface area contributed by atoms with Crippen molar-refractivity contribution >= 4 is 11.9 Å². The van der Waals surface area contributed by atoms with Gasteiger partial charge in [0.15, 0.2) is 0 Å². The monoisotopic (exact) mass is 219 g/mol. The molecule has 0 aliphatic carbocycles. The van der Waals surface area contributed by atoms with Crippen molar-refractivity contribution in [3.8, 4) is 0 Å². The Morgan fingerprint density at radius 2 is 1.93 bits per heavy atom. The van der Waals surface area contributed by atoms with Crippen LogP contribution in [0.4, 0.5) is 23.2 Å². The molecule has 0 amide bonds.